The molecule has 3 heteroatoms. The van der Waals surface area contributed by atoms with Gasteiger partial charge in [-0.25, -0.2) is 0 Å². The van der Waals surface area contributed by atoms with Crippen molar-refractivity contribution in [3.63, 3.8) is 0 Å². The van der Waals surface area contributed by atoms with E-state index in [1.54, 1.807) is 0 Å². The largest absolute Gasteiger partial charge is 0.354 e. The van der Waals surface area contributed by atoms with E-state index < -0.39 is 0 Å². The van der Waals surface area contributed by atoms with Crippen molar-refractivity contribution in [1.29, 1.82) is 0 Å². The van der Waals surface area contributed by atoms with Gasteiger partial charge >= 0.3 is 0 Å². The Bertz CT molecular complexity index is 721. The van der Waals surface area contributed by atoms with Gasteiger partial charge in [-0.15, -0.1) is 0 Å². The van der Waals surface area contributed by atoms with Gasteiger partial charge in [0.05, 0.1) is 11.9 Å². The summed E-state index contributed by atoms with van der Waals surface area (Å²) in [6.45, 7) is 0. The van der Waals surface area contributed by atoms with Crippen molar-refractivity contribution in [1.82, 2.24) is 9.72 Å². The second-order valence-electron chi connectivity index (χ2n) is 4.58. The quantitative estimate of drug-likeness (QED) is 0.588. The molecule has 0 saturated carbocycles. The molecule has 0 amide bonds. The molecule has 1 aliphatic rings. The maximum Gasteiger partial charge on any atom is 0.186 e. The first-order valence-electron chi connectivity index (χ1n) is 5.86. The van der Waals surface area contributed by atoms with E-state index >= 15 is 0 Å². The fourth-order valence-corrected chi connectivity index (χ4v) is 2.91. The van der Waals surface area contributed by atoms with E-state index in [1.807, 2.05) is 6.20 Å². The highest BCUT2D eigenvalue weighted by atomic mass is 16.5. The Hall–Kier alpha value is -2.03. The van der Waals surface area contributed by atoms with Gasteiger partial charge in [0.15, 0.2) is 5.76 Å². The predicted molar refractivity (Wildman–Crippen MR) is 65.8 cm³/mol. The molecule has 17 heavy (non-hydrogen) atoms. The lowest BCUT2D eigenvalue weighted by Gasteiger charge is -2.11. The van der Waals surface area contributed by atoms with Gasteiger partial charge in [-0.3, -0.25) is 0 Å². The normalized spacial score (nSPS) is 13.7. The molecule has 2 aromatic heterocycles. The molecule has 0 fully saturated rings. The van der Waals surface area contributed by atoms with E-state index in [0.29, 0.717) is 0 Å². The molecule has 1 aliphatic carbocycles. The van der Waals surface area contributed by atoms with Gasteiger partial charge < -0.3 is 9.09 Å². The van der Waals surface area contributed by atoms with Gasteiger partial charge in [0.2, 0.25) is 0 Å². The molecular weight excluding hydrogens is 212 g/mol. The van der Waals surface area contributed by atoms with E-state index in [1.165, 1.54) is 27.7 Å². The Labute approximate surface area is 98.6 Å². The van der Waals surface area contributed by atoms with Crippen molar-refractivity contribution in [2.75, 3.05) is 0 Å². The molecule has 0 saturated heterocycles. The Morgan fingerprint density at radius 1 is 1.24 bits per heavy atom. The third-order valence-electron chi connectivity index (χ3n) is 3.72. The van der Waals surface area contributed by atoms with Crippen LogP contribution >= 0.6 is 0 Å². The second-order valence-corrected chi connectivity index (χ2v) is 4.58. The molecule has 0 bridgehead atoms. The third-order valence-corrected chi connectivity index (χ3v) is 3.72. The van der Waals surface area contributed by atoms with E-state index in [4.69, 9.17) is 4.52 Å². The fourth-order valence-electron chi connectivity index (χ4n) is 2.91. The van der Waals surface area contributed by atoms with Crippen LogP contribution in [-0.4, -0.2) is 9.72 Å². The molecule has 3 nitrogen and oxygen atoms in total. The van der Waals surface area contributed by atoms with E-state index in [0.717, 1.165) is 18.6 Å². The summed E-state index contributed by atoms with van der Waals surface area (Å²) in [5, 5.41) is 5.27. The van der Waals surface area contributed by atoms with Crippen molar-refractivity contribution in [3.8, 4) is 11.5 Å². The maximum atomic E-state index is 5.42. The molecule has 0 spiro atoms. The molecular formula is C14H12N2O. The highest BCUT2D eigenvalue weighted by molar-refractivity contribution is 5.92. The van der Waals surface area contributed by atoms with Crippen LogP contribution in [0.15, 0.2) is 35.0 Å². The van der Waals surface area contributed by atoms with Crippen molar-refractivity contribution < 1.29 is 4.52 Å². The summed E-state index contributed by atoms with van der Waals surface area (Å²) >= 11 is 0. The minimum Gasteiger partial charge on any atom is -0.354 e. The topological polar surface area (TPSA) is 31.0 Å². The molecule has 0 aliphatic heterocycles. The first-order valence-corrected chi connectivity index (χ1v) is 5.86. The SMILES string of the molecule is Cn1c2c(c3ccccc31)CCc1cnoc1-2. The zero-order chi connectivity index (χ0) is 11.4. The summed E-state index contributed by atoms with van der Waals surface area (Å²) in [6.07, 6.45) is 3.95. The third kappa shape index (κ3) is 1.04. The number of nitrogens with zero attached hydrogens (tertiary/aromatic N) is 2. The van der Waals surface area contributed by atoms with Crippen LogP contribution in [0.3, 0.4) is 0 Å². The average Bonchev–Trinajstić information content (AvgIpc) is 2.93. The Balaban J connectivity index is 2.19. The minimum atomic E-state index is 0.949. The lowest BCUT2D eigenvalue weighted by Crippen LogP contribution is -2.02. The maximum absolute atomic E-state index is 5.42. The summed E-state index contributed by atoms with van der Waals surface area (Å²) in [5.74, 6) is 0.949. The van der Waals surface area contributed by atoms with E-state index in [-0.39, 0.29) is 0 Å². The van der Waals surface area contributed by atoms with Crippen molar-refractivity contribution >= 4 is 10.9 Å². The number of fused-ring (bicyclic) bond motifs is 5. The average molecular weight is 224 g/mol. The van der Waals surface area contributed by atoms with Gasteiger partial charge in [0.1, 0.15) is 0 Å². The van der Waals surface area contributed by atoms with Crippen LogP contribution in [0.5, 0.6) is 0 Å². The lowest BCUT2D eigenvalue weighted by molar-refractivity contribution is 0.428. The van der Waals surface area contributed by atoms with E-state index in [9.17, 15) is 0 Å². The molecule has 2 heterocycles. The van der Waals surface area contributed by atoms with Gasteiger partial charge in [-0.05, 0) is 24.5 Å². The van der Waals surface area contributed by atoms with Crippen LogP contribution in [0.1, 0.15) is 11.1 Å². The summed E-state index contributed by atoms with van der Waals surface area (Å²) in [4.78, 5) is 0. The number of aromatic nitrogens is 2. The zero-order valence-corrected chi connectivity index (χ0v) is 9.60. The summed E-state index contributed by atoms with van der Waals surface area (Å²) in [7, 11) is 2.10. The first-order chi connectivity index (χ1) is 8.36. The predicted octanol–water partition coefficient (Wildman–Crippen LogP) is 2.93. The fraction of sp³-hybridized carbons (Fsp3) is 0.214. The number of benzene rings is 1. The van der Waals surface area contributed by atoms with Gasteiger partial charge in [-0.2, -0.15) is 0 Å². The Morgan fingerprint density at radius 2 is 2.12 bits per heavy atom. The molecule has 3 aromatic rings. The van der Waals surface area contributed by atoms with Crippen molar-refractivity contribution in [2.45, 2.75) is 12.8 Å². The number of para-hydroxylation sites is 1. The van der Waals surface area contributed by atoms with Crippen LogP contribution in [0, 0.1) is 0 Å². The molecule has 0 N–H and O–H groups in total. The smallest absolute Gasteiger partial charge is 0.186 e. The molecule has 1 aromatic carbocycles. The molecule has 84 valence electrons. The first kappa shape index (κ1) is 9.05. The number of hydrogen-bond donors (Lipinski definition) is 0. The standard InChI is InChI=1S/C14H12N2O/c1-16-12-5-3-2-4-10(12)11-7-6-9-8-15-17-14(9)13(11)16/h2-5,8H,6-7H2,1H3. The van der Waals surface area contributed by atoms with Gasteiger partial charge in [0, 0.05) is 23.5 Å². The molecule has 0 unspecified atom stereocenters. The van der Waals surface area contributed by atoms with Crippen molar-refractivity contribution in [3.05, 3.63) is 41.6 Å². The van der Waals surface area contributed by atoms with Crippen molar-refractivity contribution in [2.24, 2.45) is 7.05 Å². The monoisotopic (exact) mass is 224 g/mol. The summed E-state index contributed by atoms with van der Waals surface area (Å²) in [6, 6.07) is 8.52. The van der Waals surface area contributed by atoms with Crippen LogP contribution < -0.4 is 0 Å². The van der Waals surface area contributed by atoms with Crippen LogP contribution in [0.25, 0.3) is 22.4 Å². The van der Waals surface area contributed by atoms with Crippen LogP contribution in [0.4, 0.5) is 0 Å². The van der Waals surface area contributed by atoms with Gasteiger partial charge in [-0.1, -0.05) is 23.4 Å². The van der Waals surface area contributed by atoms with Crippen LogP contribution in [0.2, 0.25) is 0 Å². The van der Waals surface area contributed by atoms with Crippen LogP contribution in [-0.2, 0) is 19.9 Å². The Morgan fingerprint density at radius 3 is 3.06 bits per heavy atom. The number of rotatable bonds is 0. The zero-order valence-electron chi connectivity index (χ0n) is 9.60. The Kier molecular flexibility index (Phi) is 1.60. The molecule has 0 radical (unpaired) electrons. The van der Waals surface area contributed by atoms with E-state index in [2.05, 4.69) is 41.0 Å². The summed E-state index contributed by atoms with van der Waals surface area (Å²) < 4.78 is 7.64. The highest BCUT2D eigenvalue weighted by Crippen LogP contribution is 2.39. The van der Waals surface area contributed by atoms with Gasteiger partial charge in [0.25, 0.3) is 0 Å². The minimum absolute atomic E-state index is 0.949. The summed E-state index contributed by atoms with van der Waals surface area (Å²) in [5.41, 5.74) is 5.09. The molecule has 0 atom stereocenters. The lowest BCUT2D eigenvalue weighted by atomic mass is 9.94. The number of aryl methyl sites for hydroxylation is 3. The highest BCUT2D eigenvalue weighted by Gasteiger charge is 2.25. The second kappa shape index (κ2) is 3.00. The molecule has 4 rings (SSSR count). The number of hydrogen-bond acceptors (Lipinski definition) is 2.